The van der Waals surface area contributed by atoms with E-state index in [0.29, 0.717) is 12.1 Å². The van der Waals surface area contributed by atoms with Crippen molar-refractivity contribution in [3.63, 3.8) is 0 Å². The number of hydrogen-bond donors (Lipinski definition) is 1. The van der Waals surface area contributed by atoms with Gasteiger partial charge in [-0.2, -0.15) is 0 Å². The fourth-order valence-electron chi connectivity index (χ4n) is 2.04. The van der Waals surface area contributed by atoms with Crippen LogP contribution in [-0.4, -0.2) is 19.3 Å². The molecule has 1 aliphatic carbocycles. The van der Waals surface area contributed by atoms with E-state index in [1.165, 1.54) is 22.2 Å². The first-order chi connectivity index (χ1) is 7.28. The quantitative estimate of drug-likeness (QED) is 0.919. The Morgan fingerprint density at radius 1 is 1.60 bits per heavy atom. The van der Waals surface area contributed by atoms with Crippen LogP contribution < -0.4 is 5.32 Å². The van der Waals surface area contributed by atoms with Crippen LogP contribution in [0.5, 0.6) is 0 Å². The van der Waals surface area contributed by atoms with Gasteiger partial charge in [0.15, 0.2) is 0 Å². The van der Waals surface area contributed by atoms with E-state index in [9.17, 15) is 0 Å². The van der Waals surface area contributed by atoms with Crippen LogP contribution in [0.3, 0.4) is 0 Å². The monoisotopic (exact) mass is 289 g/mol. The van der Waals surface area contributed by atoms with E-state index in [1.807, 2.05) is 7.11 Å². The molecule has 4 heteroatoms. The van der Waals surface area contributed by atoms with E-state index >= 15 is 0 Å². The largest absolute Gasteiger partial charge is 0.381 e. The van der Waals surface area contributed by atoms with Crippen LogP contribution in [0.2, 0.25) is 0 Å². The number of thiophene rings is 1. The molecule has 2 nitrogen and oxygen atoms in total. The molecular formula is C11H16BrNOS. The van der Waals surface area contributed by atoms with Gasteiger partial charge in [0.05, 0.1) is 9.89 Å². The maximum atomic E-state index is 5.35. The molecule has 0 radical (unpaired) electrons. The molecular weight excluding hydrogens is 274 g/mol. The zero-order valence-corrected chi connectivity index (χ0v) is 11.2. The number of nitrogens with one attached hydrogen (secondary N) is 1. The average molecular weight is 290 g/mol. The van der Waals surface area contributed by atoms with Gasteiger partial charge in [0, 0.05) is 19.7 Å². The van der Waals surface area contributed by atoms with Gasteiger partial charge < -0.3 is 10.1 Å². The van der Waals surface area contributed by atoms with E-state index in [-0.39, 0.29) is 0 Å². The second kappa shape index (κ2) is 5.43. The minimum absolute atomic E-state index is 0.469. The van der Waals surface area contributed by atoms with Crippen LogP contribution in [0.15, 0.2) is 15.2 Å². The molecule has 0 aliphatic heterocycles. The van der Waals surface area contributed by atoms with Gasteiger partial charge in [0.2, 0.25) is 0 Å². The van der Waals surface area contributed by atoms with E-state index in [2.05, 4.69) is 32.7 Å². The topological polar surface area (TPSA) is 21.3 Å². The Labute approximate surface area is 103 Å². The molecule has 2 unspecified atom stereocenters. The number of rotatable bonds is 4. The molecule has 0 aromatic carbocycles. The van der Waals surface area contributed by atoms with Crippen LogP contribution in [0.25, 0.3) is 0 Å². The number of halogens is 1. The Kier molecular flexibility index (Phi) is 4.20. The van der Waals surface area contributed by atoms with Crippen LogP contribution in [0.1, 0.15) is 24.8 Å². The van der Waals surface area contributed by atoms with Crippen LogP contribution >= 0.6 is 27.3 Å². The Bertz CT molecular complexity index is 315. The van der Waals surface area contributed by atoms with Crippen LogP contribution in [0.4, 0.5) is 0 Å². The number of ether oxygens (including phenoxy) is 1. The first-order valence-corrected chi connectivity index (χ1v) is 6.94. The highest BCUT2D eigenvalue weighted by molar-refractivity contribution is 9.11. The van der Waals surface area contributed by atoms with Crippen molar-refractivity contribution in [1.29, 1.82) is 0 Å². The number of methoxy groups -OCH3 is 1. The molecule has 0 spiro atoms. The van der Waals surface area contributed by atoms with Gasteiger partial charge in [0.25, 0.3) is 0 Å². The fraction of sp³-hybridized carbons (Fsp3) is 0.636. The standard InChI is InChI=1S/C11H16BrNOS/c1-14-10-3-2-9(5-10)13-6-8-4-11(12)15-7-8/h4,7,9-10,13H,2-3,5-6H2,1H3. The molecule has 1 aromatic heterocycles. The molecule has 84 valence electrons. The minimum Gasteiger partial charge on any atom is -0.381 e. The van der Waals surface area contributed by atoms with Crippen molar-refractivity contribution in [2.24, 2.45) is 0 Å². The third kappa shape index (κ3) is 3.28. The van der Waals surface area contributed by atoms with Gasteiger partial charge in [-0.25, -0.2) is 0 Å². The predicted molar refractivity (Wildman–Crippen MR) is 67.3 cm³/mol. The normalized spacial score (nSPS) is 26.0. The highest BCUT2D eigenvalue weighted by atomic mass is 79.9. The highest BCUT2D eigenvalue weighted by Gasteiger charge is 2.23. The molecule has 0 amide bonds. The molecule has 1 fully saturated rings. The minimum atomic E-state index is 0.469. The lowest BCUT2D eigenvalue weighted by molar-refractivity contribution is 0.107. The van der Waals surface area contributed by atoms with Crippen molar-refractivity contribution < 1.29 is 4.74 Å². The SMILES string of the molecule is COC1CCC(NCc2csc(Br)c2)C1. The van der Waals surface area contributed by atoms with Crippen molar-refractivity contribution in [2.75, 3.05) is 7.11 Å². The van der Waals surface area contributed by atoms with Gasteiger partial charge in [-0.3, -0.25) is 0 Å². The maximum Gasteiger partial charge on any atom is 0.0701 e. The summed E-state index contributed by atoms with van der Waals surface area (Å²) in [6.45, 7) is 0.975. The third-order valence-electron chi connectivity index (χ3n) is 2.93. The summed E-state index contributed by atoms with van der Waals surface area (Å²) in [6.07, 6.45) is 4.06. The lowest BCUT2D eigenvalue weighted by Gasteiger charge is -2.11. The van der Waals surface area contributed by atoms with Crippen molar-refractivity contribution in [2.45, 2.75) is 38.0 Å². The zero-order chi connectivity index (χ0) is 10.7. The highest BCUT2D eigenvalue weighted by Crippen LogP contribution is 2.23. The second-order valence-electron chi connectivity index (χ2n) is 4.01. The summed E-state index contributed by atoms with van der Waals surface area (Å²) in [5, 5.41) is 5.78. The first kappa shape index (κ1) is 11.6. The van der Waals surface area contributed by atoms with E-state index in [1.54, 1.807) is 11.3 Å². The molecule has 2 atom stereocenters. The van der Waals surface area contributed by atoms with Crippen molar-refractivity contribution in [1.82, 2.24) is 5.32 Å². The summed E-state index contributed by atoms with van der Waals surface area (Å²) in [5.41, 5.74) is 1.37. The third-order valence-corrected chi connectivity index (χ3v) is 4.49. The predicted octanol–water partition coefficient (Wildman–Crippen LogP) is 3.17. The van der Waals surface area contributed by atoms with Crippen LogP contribution in [-0.2, 0) is 11.3 Å². The summed E-state index contributed by atoms with van der Waals surface area (Å²) in [4.78, 5) is 0. The first-order valence-electron chi connectivity index (χ1n) is 5.27. The second-order valence-corrected chi connectivity index (χ2v) is 6.30. The summed E-state index contributed by atoms with van der Waals surface area (Å²) in [5.74, 6) is 0. The van der Waals surface area contributed by atoms with E-state index < -0.39 is 0 Å². The van der Waals surface area contributed by atoms with Crippen molar-refractivity contribution >= 4 is 27.3 Å². The Balaban J connectivity index is 1.75. The number of hydrogen-bond acceptors (Lipinski definition) is 3. The molecule has 0 bridgehead atoms. The van der Waals surface area contributed by atoms with E-state index in [4.69, 9.17) is 4.74 Å². The molecule has 1 aromatic rings. The van der Waals surface area contributed by atoms with Crippen molar-refractivity contribution in [3.8, 4) is 0 Å². The molecule has 1 saturated carbocycles. The molecule has 0 saturated heterocycles. The molecule has 15 heavy (non-hydrogen) atoms. The van der Waals surface area contributed by atoms with Gasteiger partial charge >= 0.3 is 0 Å². The summed E-state index contributed by atoms with van der Waals surface area (Å²) >= 11 is 5.22. The summed E-state index contributed by atoms with van der Waals surface area (Å²) < 4.78 is 6.56. The maximum absolute atomic E-state index is 5.35. The fourth-order valence-corrected chi connectivity index (χ4v) is 3.25. The lowest BCUT2D eigenvalue weighted by Crippen LogP contribution is -2.26. The van der Waals surface area contributed by atoms with Crippen molar-refractivity contribution in [3.05, 3.63) is 20.8 Å². The van der Waals surface area contributed by atoms with E-state index in [0.717, 1.165) is 13.0 Å². The van der Waals surface area contributed by atoms with Gasteiger partial charge in [-0.05, 0) is 52.2 Å². The zero-order valence-electron chi connectivity index (χ0n) is 8.83. The lowest BCUT2D eigenvalue weighted by atomic mass is 10.2. The molecule has 1 N–H and O–H groups in total. The Morgan fingerprint density at radius 2 is 2.47 bits per heavy atom. The molecule has 2 rings (SSSR count). The van der Waals surface area contributed by atoms with Gasteiger partial charge in [0.1, 0.15) is 0 Å². The summed E-state index contributed by atoms with van der Waals surface area (Å²) in [6, 6.07) is 2.81. The average Bonchev–Trinajstić information content (AvgIpc) is 2.83. The molecule has 1 heterocycles. The smallest absolute Gasteiger partial charge is 0.0701 e. The van der Waals surface area contributed by atoms with Gasteiger partial charge in [-0.1, -0.05) is 0 Å². The van der Waals surface area contributed by atoms with Crippen LogP contribution in [0, 0.1) is 0 Å². The Morgan fingerprint density at radius 3 is 3.07 bits per heavy atom. The Hall–Kier alpha value is 0.100. The summed E-state index contributed by atoms with van der Waals surface area (Å²) in [7, 11) is 1.81. The molecule has 1 aliphatic rings. The van der Waals surface area contributed by atoms with Gasteiger partial charge in [-0.15, -0.1) is 11.3 Å².